The Hall–Kier alpha value is -1.42. The molecule has 1 fully saturated rings. The number of hydrogen-bond acceptors (Lipinski definition) is 5. The molecule has 2 N–H and O–H groups in total. The van der Waals surface area contributed by atoms with Crippen LogP contribution in [0.4, 0.5) is 0 Å². The zero-order valence-corrected chi connectivity index (χ0v) is 21.3. The van der Waals surface area contributed by atoms with E-state index in [9.17, 15) is 0 Å². The molecule has 7 nitrogen and oxygen atoms in total. The first-order valence-corrected chi connectivity index (χ1v) is 10.7. The van der Waals surface area contributed by atoms with E-state index in [4.69, 9.17) is 14.2 Å². The molecular formula is C22H39IN4O3. The van der Waals surface area contributed by atoms with E-state index in [2.05, 4.69) is 20.5 Å². The largest absolute Gasteiger partial charge is 0.493 e. The first-order valence-electron chi connectivity index (χ1n) is 10.7. The number of guanidine groups is 1. The Kier molecular flexibility index (Phi) is 13.7. The minimum atomic E-state index is 0. The van der Waals surface area contributed by atoms with Crippen molar-refractivity contribution < 1.29 is 14.2 Å². The predicted octanol–water partition coefficient (Wildman–Crippen LogP) is 3.65. The van der Waals surface area contributed by atoms with Crippen molar-refractivity contribution in [2.75, 3.05) is 54.6 Å². The number of methoxy groups -OCH3 is 3. The number of nitrogens with zero attached hydrogens (tertiary/aromatic N) is 2. The second-order valence-corrected chi connectivity index (χ2v) is 7.35. The lowest BCUT2D eigenvalue weighted by atomic mass is 10.1. The number of unbranched alkanes of at least 4 members (excludes halogenated alkanes) is 2. The molecule has 0 aliphatic carbocycles. The maximum Gasteiger partial charge on any atom is 0.203 e. The third-order valence-electron chi connectivity index (χ3n) is 5.30. The van der Waals surface area contributed by atoms with Crippen molar-refractivity contribution in [3.8, 4) is 17.2 Å². The van der Waals surface area contributed by atoms with Crippen molar-refractivity contribution in [3.63, 3.8) is 0 Å². The Bertz CT molecular complexity index is 612. The van der Waals surface area contributed by atoms with Crippen LogP contribution in [0.3, 0.4) is 0 Å². The molecule has 0 saturated carbocycles. The van der Waals surface area contributed by atoms with Crippen molar-refractivity contribution in [3.05, 3.63) is 17.7 Å². The van der Waals surface area contributed by atoms with Gasteiger partial charge in [0.1, 0.15) is 0 Å². The summed E-state index contributed by atoms with van der Waals surface area (Å²) >= 11 is 0. The summed E-state index contributed by atoms with van der Waals surface area (Å²) in [5, 5.41) is 6.74. The highest BCUT2D eigenvalue weighted by molar-refractivity contribution is 14.0. The fraction of sp³-hybridized carbons (Fsp3) is 0.682. The van der Waals surface area contributed by atoms with Gasteiger partial charge in [0.25, 0.3) is 0 Å². The Morgan fingerprint density at radius 1 is 0.933 bits per heavy atom. The lowest BCUT2D eigenvalue weighted by Gasteiger charge is -2.26. The minimum absolute atomic E-state index is 0. The first-order chi connectivity index (χ1) is 14.2. The molecule has 0 bridgehead atoms. The molecule has 8 heteroatoms. The highest BCUT2D eigenvalue weighted by Gasteiger charge is 2.13. The van der Waals surface area contributed by atoms with Crippen molar-refractivity contribution >= 4 is 29.9 Å². The fourth-order valence-corrected chi connectivity index (χ4v) is 3.67. The average molecular weight is 534 g/mol. The smallest absolute Gasteiger partial charge is 0.203 e. The Morgan fingerprint density at radius 2 is 1.60 bits per heavy atom. The van der Waals surface area contributed by atoms with E-state index in [1.165, 1.54) is 51.7 Å². The minimum Gasteiger partial charge on any atom is -0.493 e. The number of rotatable bonds is 11. The third kappa shape index (κ3) is 8.75. The normalized spacial score (nSPS) is 14.6. The molecule has 1 heterocycles. The van der Waals surface area contributed by atoms with Crippen LogP contribution in [0.1, 0.15) is 44.1 Å². The topological polar surface area (TPSA) is 67.4 Å². The summed E-state index contributed by atoms with van der Waals surface area (Å²) in [7, 11) is 6.65. The summed E-state index contributed by atoms with van der Waals surface area (Å²) in [6, 6.07) is 3.89. The van der Waals surface area contributed by atoms with Crippen LogP contribution < -0.4 is 24.8 Å². The molecule has 0 aromatic heterocycles. The van der Waals surface area contributed by atoms with E-state index in [0.29, 0.717) is 23.8 Å². The van der Waals surface area contributed by atoms with Crippen LogP contribution in [-0.4, -0.2) is 65.4 Å². The Labute approximate surface area is 199 Å². The monoisotopic (exact) mass is 534 g/mol. The summed E-state index contributed by atoms with van der Waals surface area (Å²) in [5.74, 6) is 2.71. The van der Waals surface area contributed by atoms with Gasteiger partial charge in [0.15, 0.2) is 17.5 Å². The molecule has 2 rings (SSSR count). The molecule has 0 amide bonds. The predicted molar refractivity (Wildman–Crippen MR) is 134 cm³/mol. The SMILES string of the molecule is CN=C(NCCCCCN1CCCCC1)NCc1cc(OC)c(OC)c(OC)c1.I. The molecule has 0 spiro atoms. The van der Waals surface area contributed by atoms with Crippen LogP contribution >= 0.6 is 24.0 Å². The van der Waals surface area contributed by atoms with Crippen LogP contribution in [0.2, 0.25) is 0 Å². The number of nitrogens with one attached hydrogen (secondary N) is 2. The molecule has 1 aliphatic heterocycles. The number of likely N-dealkylation sites (tertiary alicyclic amines) is 1. The lowest BCUT2D eigenvalue weighted by molar-refractivity contribution is 0.224. The van der Waals surface area contributed by atoms with E-state index in [0.717, 1.165) is 24.5 Å². The summed E-state index contributed by atoms with van der Waals surface area (Å²) < 4.78 is 16.2. The van der Waals surface area contributed by atoms with Gasteiger partial charge in [0.2, 0.25) is 5.75 Å². The Balaban J connectivity index is 0.00000450. The van der Waals surface area contributed by atoms with Crippen molar-refractivity contribution in [1.82, 2.24) is 15.5 Å². The Morgan fingerprint density at radius 3 is 2.17 bits per heavy atom. The number of piperidine rings is 1. The zero-order chi connectivity index (χ0) is 20.9. The van der Waals surface area contributed by atoms with E-state index in [-0.39, 0.29) is 24.0 Å². The lowest BCUT2D eigenvalue weighted by Crippen LogP contribution is -2.37. The average Bonchev–Trinajstić information content (AvgIpc) is 2.77. The van der Waals surface area contributed by atoms with Crippen LogP contribution in [0.25, 0.3) is 0 Å². The van der Waals surface area contributed by atoms with Crippen LogP contribution in [0.15, 0.2) is 17.1 Å². The van der Waals surface area contributed by atoms with E-state index >= 15 is 0 Å². The van der Waals surface area contributed by atoms with Gasteiger partial charge in [-0.25, -0.2) is 0 Å². The number of ether oxygens (including phenoxy) is 3. The van der Waals surface area contributed by atoms with E-state index < -0.39 is 0 Å². The van der Waals surface area contributed by atoms with Gasteiger partial charge in [-0.2, -0.15) is 0 Å². The summed E-state index contributed by atoms with van der Waals surface area (Å²) in [6.45, 7) is 5.36. The molecule has 172 valence electrons. The molecule has 0 atom stereocenters. The number of halogens is 1. The maximum absolute atomic E-state index is 5.42. The molecule has 30 heavy (non-hydrogen) atoms. The molecule has 1 aromatic carbocycles. The zero-order valence-electron chi connectivity index (χ0n) is 19.0. The van der Waals surface area contributed by atoms with Gasteiger partial charge in [0, 0.05) is 20.1 Å². The summed E-state index contributed by atoms with van der Waals surface area (Å²) in [5.41, 5.74) is 1.03. The molecule has 1 saturated heterocycles. The van der Waals surface area contributed by atoms with Crippen LogP contribution in [0.5, 0.6) is 17.2 Å². The number of aliphatic imine (C=N–C) groups is 1. The van der Waals surface area contributed by atoms with Crippen LogP contribution in [0, 0.1) is 0 Å². The first kappa shape index (κ1) is 26.6. The highest BCUT2D eigenvalue weighted by atomic mass is 127. The summed E-state index contributed by atoms with van der Waals surface area (Å²) in [6.07, 6.45) is 7.82. The third-order valence-corrected chi connectivity index (χ3v) is 5.30. The van der Waals surface area contributed by atoms with Crippen molar-refractivity contribution in [1.29, 1.82) is 0 Å². The van der Waals surface area contributed by atoms with Gasteiger partial charge in [0.05, 0.1) is 21.3 Å². The van der Waals surface area contributed by atoms with Gasteiger partial charge in [-0.05, 0) is 63.0 Å². The second kappa shape index (κ2) is 15.4. The quantitative estimate of drug-likeness (QED) is 0.196. The molecule has 1 aromatic rings. The number of benzene rings is 1. The molecule has 0 radical (unpaired) electrons. The highest BCUT2D eigenvalue weighted by Crippen LogP contribution is 2.38. The van der Waals surface area contributed by atoms with E-state index in [1.54, 1.807) is 28.4 Å². The van der Waals surface area contributed by atoms with Crippen molar-refractivity contribution in [2.45, 2.75) is 45.1 Å². The van der Waals surface area contributed by atoms with E-state index in [1.807, 2.05) is 12.1 Å². The molecule has 0 unspecified atom stereocenters. The van der Waals surface area contributed by atoms with Gasteiger partial charge in [-0.15, -0.1) is 24.0 Å². The van der Waals surface area contributed by atoms with Crippen LogP contribution in [-0.2, 0) is 6.54 Å². The van der Waals surface area contributed by atoms with Gasteiger partial charge >= 0.3 is 0 Å². The van der Waals surface area contributed by atoms with Gasteiger partial charge in [-0.3, -0.25) is 4.99 Å². The second-order valence-electron chi connectivity index (χ2n) is 7.35. The molecule has 1 aliphatic rings. The van der Waals surface area contributed by atoms with Gasteiger partial charge in [-0.1, -0.05) is 12.8 Å². The van der Waals surface area contributed by atoms with Gasteiger partial charge < -0.3 is 29.7 Å². The maximum atomic E-state index is 5.42. The standard InChI is InChI=1S/C22H38N4O3.HI/c1-23-22(24-11-7-5-8-12-26-13-9-6-10-14-26)25-17-18-15-19(27-2)21(29-4)20(16-18)28-3;/h15-16H,5-14,17H2,1-4H3,(H2,23,24,25);1H. The fourth-order valence-electron chi connectivity index (χ4n) is 3.67. The van der Waals surface area contributed by atoms with Crippen molar-refractivity contribution in [2.24, 2.45) is 4.99 Å². The summed E-state index contributed by atoms with van der Waals surface area (Å²) in [4.78, 5) is 6.92. The number of hydrogen-bond donors (Lipinski definition) is 2. The molecular weight excluding hydrogens is 495 g/mol.